The van der Waals surface area contributed by atoms with Crippen LogP contribution in [0.15, 0.2) is 30.3 Å². The summed E-state index contributed by atoms with van der Waals surface area (Å²) in [5.74, 6) is -1.19. The maximum atomic E-state index is 13.8. The SMILES string of the molecule is O=C(O)CCCCCCC/C=C(\F)c1ccccc1O. The predicted octanol–water partition coefficient (Wildman–Crippen LogP) is 4.52. The molecule has 0 aromatic heterocycles. The number of carboxylic acid groups (broad SMARTS) is 1. The van der Waals surface area contributed by atoms with Crippen LogP contribution in [-0.4, -0.2) is 16.2 Å². The maximum Gasteiger partial charge on any atom is 0.303 e. The summed E-state index contributed by atoms with van der Waals surface area (Å²) in [6.45, 7) is 0. The first kappa shape index (κ1) is 16.2. The quantitative estimate of drug-likeness (QED) is 0.654. The van der Waals surface area contributed by atoms with E-state index < -0.39 is 11.8 Å². The summed E-state index contributed by atoms with van der Waals surface area (Å²) < 4.78 is 13.8. The minimum Gasteiger partial charge on any atom is -0.507 e. The molecule has 2 N–H and O–H groups in total. The van der Waals surface area contributed by atoms with Crippen molar-refractivity contribution in [3.63, 3.8) is 0 Å². The van der Waals surface area contributed by atoms with Crippen molar-refractivity contribution < 1.29 is 19.4 Å². The highest BCUT2D eigenvalue weighted by atomic mass is 19.1. The van der Waals surface area contributed by atoms with Crippen molar-refractivity contribution in [3.8, 4) is 5.75 Å². The molecule has 0 fully saturated rings. The third kappa shape index (κ3) is 6.36. The van der Waals surface area contributed by atoms with Crippen LogP contribution in [0.25, 0.3) is 5.83 Å². The topological polar surface area (TPSA) is 57.5 Å². The van der Waals surface area contributed by atoms with Gasteiger partial charge in [-0.05, 0) is 37.5 Å². The largest absolute Gasteiger partial charge is 0.507 e. The molecule has 3 nitrogen and oxygen atoms in total. The first-order valence-electron chi connectivity index (χ1n) is 6.97. The molecule has 0 aliphatic rings. The van der Waals surface area contributed by atoms with Gasteiger partial charge < -0.3 is 10.2 Å². The molecule has 0 bridgehead atoms. The van der Waals surface area contributed by atoms with E-state index in [1.54, 1.807) is 18.2 Å². The molecular formula is C16H21FO3. The average molecular weight is 280 g/mol. The van der Waals surface area contributed by atoms with Crippen LogP contribution in [-0.2, 0) is 4.79 Å². The first-order valence-corrected chi connectivity index (χ1v) is 6.97. The number of unbranched alkanes of at least 4 members (excludes halogenated alkanes) is 5. The Morgan fingerprint density at radius 2 is 1.75 bits per heavy atom. The van der Waals surface area contributed by atoms with Crippen LogP contribution in [0.5, 0.6) is 5.75 Å². The van der Waals surface area contributed by atoms with Gasteiger partial charge in [0.25, 0.3) is 0 Å². The van der Waals surface area contributed by atoms with Gasteiger partial charge in [-0.1, -0.05) is 31.4 Å². The van der Waals surface area contributed by atoms with Crippen molar-refractivity contribution in [2.24, 2.45) is 0 Å². The van der Waals surface area contributed by atoms with E-state index in [-0.39, 0.29) is 17.7 Å². The van der Waals surface area contributed by atoms with Crippen molar-refractivity contribution >= 4 is 11.8 Å². The van der Waals surface area contributed by atoms with Gasteiger partial charge in [0.05, 0.1) is 5.56 Å². The Labute approximate surface area is 118 Å². The Hall–Kier alpha value is -1.84. The summed E-state index contributed by atoms with van der Waals surface area (Å²) >= 11 is 0. The molecule has 20 heavy (non-hydrogen) atoms. The third-order valence-electron chi connectivity index (χ3n) is 3.08. The maximum absolute atomic E-state index is 13.8. The van der Waals surface area contributed by atoms with Gasteiger partial charge in [0.15, 0.2) is 0 Å². The number of aliphatic carboxylic acids is 1. The minimum atomic E-state index is -0.752. The molecular weight excluding hydrogens is 259 g/mol. The second kappa shape index (κ2) is 9.13. The number of hydrogen-bond acceptors (Lipinski definition) is 2. The molecule has 1 aromatic carbocycles. The number of allylic oxidation sites excluding steroid dienone is 1. The van der Waals surface area contributed by atoms with Crippen LogP contribution in [0.2, 0.25) is 0 Å². The fourth-order valence-electron chi connectivity index (χ4n) is 1.97. The average Bonchev–Trinajstić information content (AvgIpc) is 2.41. The minimum absolute atomic E-state index is 0.0464. The fraction of sp³-hybridized carbons (Fsp3) is 0.438. The molecule has 0 heterocycles. The van der Waals surface area contributed by atoms with E-state index in [0.717, 1.165) is 25.7 Å². The number of rotatable bonds is 9. The van der Waals surface area contributed by atoms with Gasteiger partial charge >= 0.3 is 5.97 Å². The van der Waals surface area contributed by atoms with Gasteiger partial charge in [0.2, 0.25) is 0 Å². The number of halogens is 1. The van der Waals surface area contributed by atoms with Crippen molar-refractivity contribution in [2.75, 3.05) is 0 Å². The summed E-state index contributed by atoms with van der Waals surface area (Å²) in [4.78, 5) is 10.3. The lowest BCUT2D eigenvalue weighted by Crippen LogP contribution is -1.93. The van der Waals surface area contributed by atoms with Crippen LogP contribution in [0, 0.1) is 0 Å². The smallest absolute Gasteiger partial charge is 0.303 e. The Morgan fingerprint density at radius 3 is 2.45 bits per heavy atom. The Balaban J connectivity index is 2.18. The van der Waals surface area contributed by atoms with E-state index in [1.165, 1.54) is 12.1 Å². The summed E-state index contributed by atoms with van der Waals surface area (Å²) in [5.41, 5.74) is 0.231. The fourth-order valence-corrected chi connectivity index (χ4v) is 1.97. The normalized spacial score (nSPS) is 11.6. The molecule has 0 saturated heterocycles. The second-order valence-corrected chi connectivity index (χ2v) is 4.77. The third-order valence-corrected chi connectivity index (χ3v) is 3.08. The molecule has 0 aliphatic heterocycles. The molecule has 0 radical (unpaired) electrons. The number of carbonyl (C=O) groups is 1. The zero-order chi connectivity index (χ0) is 14.8. The second-order valence-electron chi connectivity index (χ2n) is 4.77. The van der Waals surface area contributed by atoms with Crippen molar-refractivity contribution in [3.05, 3.63) is 35.9 Å². The highest BCUT2D eigenvalue weighted by Crippen LogP contribution is 2.26. The van der Waals surface area contributed by atoms with Crippen LogP contribution in [0.4, 0.5) is 4.39 Å². The van der Waals surface area contributed by atoms with Gasteiger partial charge in [-0.3, -0.25) is 4.79 Å². The van der Waals surface area contributed by atoms with E-state index >= 15 is 0 Å². The lowest BCUT2D eigenvalue weighted by Gasteiger charge is -2.02. The number of para-hydroxylation sites is 1. The van der Waals surface area contributed by atoms with Gasteiger partial charge in [-0.25, -0.2) is 4.39 Å². The molecule has 0 amide bonds. The van der Waals surface area contributed by atoms with Gasteiger partial charge in [-0.2, -0.15) is 0 Å². The van der Waals surface area contributed by atoms with Crippen LogP contribution < -0.4 is 0 Å². The summed E-state index contributed by atoms with van der Waals surface area (Å²) in [6, 6.07) is 6.35. The molecule has 110 valence electrons. The van der Waals surface area contributed by atoms with Gasteiger partial charge in [0.1, 0.15) is 11.6 Å². The van der Waals surface area contributed by atoms with Crippen molar-refractivity contribution in [1.82, 2.24) is 0 Å². The molecule has 1 aromatic rings. The van der Waals surface area contributed by atoms with E-state index in [0.29, 0.717) is 12.8 Å². The molecule has 0 aliphatic carbocycles. The number of hydrogen-bond donors (Lipinski definition) is 2. The van der Waals surface area contributed by atoms with Crippen LogP contribution >= 0.6 is 0 Å². The zero-order valence-electron chi connectivity index (χ0n) is 11.5. The number of phenols is 1. The molecule has 0 unspecified atom stereocenters. The van der Waals surface area contributed by atoms with Crippen LogP contribution in [0.1, 0.15) is 50.5 Å². The lowest BCUT2D eigenvalue weighted by molar-refractivity contribution is -0.137. The standard InChI is InChI=1S/C16H21FO3/c17-14(13-9-7-8-11-15(13)18)10-5-3-1-2-4-6-12-16(19)20/h7-11,18H,1-6,12H2,(H,19,20)/b14-10-. The van der Waals surface area contributed by atoms with Crippen molar-refractivity contribution in [1.29, 1.82) is 0 Å². The molecule has 0 saturated carbocycles. The Morgan fingerprint density at radius 1 is 1.10 bits per heavy atom. The van der Waals surface area contributed by atoms with Crippen molar-refractivity contribution in [2.45, 2.75) is 44.9 Å². The van der Waals surface area contributed by atoms with Gasteiger partial charge in [-0.15, -0.1) is 0 Å². The lowest BCUT2D eigenvalue weighted by atomic mass is 10.1. The number of aromatic hydroxyl groups is 1. The van der Waals surface area contributed by atoms with E-state index in [1.807, 2.05) is 0 Å². The highest BCUT2D eigenvalue weighted by Gasteiger charge is 2.04. The molecule has 0 spiro atoms. The molecule has 4 heteroatoms. The van der Waals surface area contributed by atoms with Crippen LogP contribution in [0.3, 0.4) is 0 Å². The first-order chi connectivity index (χ1) is 9.61. The summed E-state index contributed by atoms with van der Waals surface area (Å²) in [7, 11) is 0. The predicted molar refractivity (Wildman–Crippen MR) is 77.1 cm³/mol. The van der Waals surface area contributed by atoms with Gasteiger partial charge in [0, 0.05) is 6.42 Å². The monoisotopic (exact) mass is 280 g/mol. The molecule has 1 rings (SSSR count). The summed E-state index contributed by atoms with van der Waals surface area (Å²) in [5, 5.41) is 18.0. The Kier molecular flexibility index (Phi) is 7.40. The molecule has 0 atom stereocenters. The number of carboxylic acids is 1. The number of phenolic OH excluding ortho intramolecular Hbond substituents is 1. The zero-order valence-corrected chi connectivity index (χ0v) is 11.5. The highest BCUT2D eigenvalue weighted by molar-refractivity contribution is 5.66. The summed E-state index contributed by atoms with van der Waals surface area (Å²) in [6.07, 6.45) is 6.75. The van der Waals surface area contributed by atoms with E-state index in [4.69, 9.17) is 5.11 Å². The van der Waals surface area contributed by atoms with E-state index in [9.17, 15) is 14.3 Å². The Bertz CT molecular complexity index is 455. The number of benzene rings is 1. The van der Waals surface area contributed by atoms with E-state index in [2.05, 4.69) is 0 Å².